The molecule has 0 aromatic carbocycles. The number of carbonyl (C=O) groups excluding carboxylic acids is 1. The standard InChI is InChI=1S/C15H25N5O/c21-13-9-3-1-2-8-10-14(18-6-4-16-10)20(12(8)9)15-11(13)17-5-7-19-15/h8-12,14-19H,1-7H2. The highest BCUT2D eigenvalue weighted by atomic mass is 16.1. The van der Waals surface area contributed by atoms with Crippen LogP contribution in [0.3, 0.4) is 0 Å². The number of rotatable bonds is 0. The van der Waals surface area contributed by atoms with Gasteiger partial charge in [-0.3, -0.25) is 20.3 Å². The highest BCUT2D eigenvalue weighted by molar-refractivity contribution is 5.89. The zero-order valence-corrected chi connectivity index (χ0v) is 12.3. The summed E-state index contributed by atoms with van der Waals surface area (Å²) in [5.41, 5.74) is 0. The quantitative estimate of drug-likeness (QED) is 0.433. The lowest BCUT2D eigenvalue weighted by Gasteiger charge is -2.52. The van der Waals surface area contributed by atoms with E-state index in [4.69, 9.17) is 0 Å². The maximum atomic E-state index is 12.9. The van der Waals surface area contributed by atoms with Crippen molar-refractivity contribution in [2.24, 2.45) is 11.8 Å². The Morgan fingerprint density at radius 3 is 2.57 bits per heavy atom. The van der Waals surface area contributed by atoms with Crippen LogP contribution in [0.25, 0.3) is 0 Å². The minimum atomic E-state index is -0.0128. The zero-order chi connectivity index (χ0) is 14.0. The molecule has 116 valence electrons. The molecular weight excluding hydrogens is 266 g/mol. The topological polar surface area (TPSA) is 68.4 Å². The first-order valence-electron chi connectivity index (χ1n) is 8.61. The molecule has 5 aliphatic rings. The van der Waals surface area contributed by atoms with E-state index in [1.165, 1.54) is 12.8 Å². The zero-order valence-electron chi connectivity index (χ0n) is 12.3. The van der Waals surface area contributed by atoms with Gasteiger partial charge in [0.25, 0.3) is 0 Å². The molecule has 4 aliphatic heterocycles. The first kappa shape index (κ1) is 13.0. The minimum Gasteiger partial charge on any atom is -0.310 e. The molecule has 0 aromatic heterocycles. The summed E-state index contributed by atoms with van der Waals surface area (Å²) in [4.78, 5) is 15.6. The number of Topliss-reactive ketones (excluding diaryl/α,β-unsaturated/α-hetero) is 1. The Kier molecular flexibility index (Phi) is 2.92. The predicted molar refractivity (Wildman–Crippen MR) is 78.6 cm³/mol. The molecule has 0 bridgehead atoms. The Bertz CT molecular complexity index is 457. The van der Waals surface area contributed by atoms with E-state index in [1.807, 2.05) is 0 Å². The molecule has 0 spiro atoms. The first-order chi connectivity index (χ1) is 10.4. The lowest BCUT2D eigenvalue weighted by Crippen LogP contribution is -2.75. The molecule has 5 fully saturated rings. The number of fused-ring (bicyclic) bond motifs is 5. The van der Waals surface area contributed by atoms with E-state index in [9.17, 15) is 4.79 Å². The molecule has 6 nitrogen and oxygen atoms in total. The molecule has 21 heavy (non-hydrogen) atoms. The number of piperazine rings is 2. The van der Waals surface area contributed by atoms with Crippen LogP contribution in [-0.2, 0) is 4.79 Å². The normalized spacial score (nSPS) is 53.0. The Balaban J connectivity index is 1.57. The Hall–Kier alpha value is -0.530. The van der Waals surface area contributed by atoms with Gasteiger partial charge in [0.15, 0.2) is 5.78 Å². The van der Waals surface area contributed by atoms with Crippen LogP contribution in [0.15, 0.2) is 0 Å². The summed E-state index contributed by atoms with van der Waals surface area (Å²) >= 11 is 0. The fourth-order valence-corrected chi connectivity index (χ4v) is 5.70. The maximum Gasteiger partial charge on any atom is 0.157 e. The van der Waals surface area contributed by atoms with Crippen LogP contribution in [0.1, 0.15) is 19.3 Å². The number of carbonyl (C=O) groups is 1. The summed E-state index contributed by atoms with van der Waals surface area (Å²) in [6.07, 6.45) is 4.13. The maximum absolute atomic E-state index is 12.9. The van der Waals surface area contributed by atoms with Gasteiger partial charge in [-0.05, 0) is 18.8 Å². The summed E-state index contributed by atoms with van der Waals surface area (Å²) in [5, 5.41) is 14.6. The van der Waals surface area contributed by atoms with Gasteiger partial charge < -0.3 is 10.6 Å². The Morgan fingerprint density at radius 2 is 1.67 bits per heavy atom. The molecule has 7 atom stereocenters. The van der Waals surface area contributed by atoms with Gasteiger partial charge in [0.2, 0.25) is 0 Å². The molecule has 0 aromatic rings. The van der Waals surface area contributed by atoms with Gasteiger partial charge in [-0.15, -0.1) is 0 Å². The van der Waals surface area contributed by atoms with Gasteiger partial charge >= 0.3 is 0 Å². The molecule has 4 heterocycles. The van der Waals surface area contributed by atoms with Gasteiger partial charge in [-0.2, -0.15) is 0 Å². The van der Waals surface area contributed by atoms with Crippen molar-refractivity contribution in [3.05, 3.63) is 0 Å². The third kappa shape index (κ3) is 1.68. The van der Waals surface area contributed by atoms with Gasteiger partial charge in [-0.25, -0.2) is 0 Å². The van der Waals surface area contributed by atoms with E-state index in [1.54, 1.807) is 0 Å². The number of nitrogens with zero attached hydrogens (tertiary/aromatic N) is 1. The first-order valence-corrected chi connectivity index (χ1v) is 8.61. The number of hydrogen-bond donors (Lipinski definition) is 4. The SMILES string of the molecule is O=C1C2CCCC3C4NCCNC4N(C4NCCNC14)C23. The van der Waals surface area contributed by atoms with Crippen molar-refractivity contribution in [2.75, 3.05) is 26.2 Å². The van der Waals surface area contributed by atoms with Crippen molar-refractivity contribution in [1.29, 1.82) is 0 Å². The molecule has 4 saturated heterocycles. The lowest BCUT2D eigenvalue weighted by molar-refractivity contribution is -0.141. The lowest BCUT2D eigenvalue weighted by atomic mass is 9.70. The van der Waals surface area contributed by atoms with E-state index in [0.717, 1.165) is 32.6 Å². The van der Waals surface area contributed by atoms with Gasteiger partial charge in [0.05, 0.1) is 18.4 Å². The predicted octanol–water partition coefficient (Wildman–Crippen LogP) is -1.56. The van der Waals surface area contributed by atoms with Crippen LogP contribution in [0.5, 0.6) is 0 Å². The number of piperidine rings is 1. The summed E-state index contributed by atoms with van der Waals surface area (Å²) < 4.78 is 0. The van der Waals surface area contributed by atoms with Crippen molar-refractivity contribution in [2.45, 2.75) is 49.7 Å². The molecule has 4 N–H and O–H groups in total. The van der Waals surface area contributed by atoms with Gasteiger partial charge in [0.1, 0.15) is 0 Å². The average molecular weight is 291 g/mol. The van der Waals surface area contributed by atoms with E-state index >= 15 is 0 Å². The number of nitrogens with one attached hydrogen (secondary N) is 4. The minimum absolute atomic E-state index is 0.0128. The molecule has 1 aliphatic carbocycles. The van der Waals surface area contributed by atoms with Crippen molar-refractivity contribution in [1.82, 2.24) is 26.2 Å². The fraction of sp³-hybridized carbons (Fsp3) is 0.933. The second-order valence-electron chi connectivity index (χ2n) is 7.25. The molecule has 0 radical (unpaired) electrons. The fourth-order valence-electron chi connectivity index (χ4n) is 5.70. The molecule has 6 heteroatoms. The summed E-state index contributed by atoms with van der Waals surface area (Å²) in [5.74, 6) is 1.35. The smallest absolute Gasteiger partial charge is 0.157 e. The second-order valence-corrected chi connectivity index (χ2v) is 7.25. The Labute approximate surface area is 125 Å². The van der Waals surface area contributed by atoms with Gasteiger partial charge in [-0.1, -0.05) is 6.42 Å². The highest BCUT2D eigenvalue weighted by Gasteiger charge is 2.61. The van der Waals surface area contributed by atoms with Crippen LogP contribution in [0.2, 0.25) is 0 Å². The van der Waals surface area contributed by atoms with E-state index < -0.39 is 0 Å². The van der Waals surface area contributed by atoms with Crippen LogP contribution >= 0.6 is 0 Å². The van der Waals surface area contributed by atoms with E-state index in [0.29, 0.717) is 30.0 Å². The average Bonchev–Trinajstić information content (AvgIpc) is 2.88. The summed E-state index contributed by atoms with van der Waals surface area (Å²) in [7, 11) is 0. The van der Waals surface area contributed by atoms with Crippen LogP contribution in [0, 0.1) is 11.8 Å². The highest BCUT2D eigenvalue weighted by Crippen LogP contribution is 2.47. The van der Waals surface area contributed by atoms with Crippen molar-refractivity contribution in [3.8, 4) is 0 Å². The van der Waals surface area contributed by atoms with Crippen molar-refractivity contribution >= 4 is 5.78 Å². The van der Waals surface area contributed by atoms with E-state index in [-0.39, 0.29) is 18.1 Å². The summed E-state index contributed by atoms with van der Waals surface area (Å²) in [6, 6.07) is 0.941. The second kappa shape index (κ2) is 4.73. The Morgan fingerprint density at radius 1 is 0.905 bits per heavy atom. The number of hydrogen-bond acceptors (Lipinski definition) is 6. The number of ketones is 1. The van der Waals surface area contributed by atoms with Gasteiger partial charge in [0, 0.05) is 44.2 Å². The van der Waals surface area contributed by atoms with Crippen LogP contribution < -0.4 is 21.3 Å². The van der Waals surface area contributed by atoms with E-state index in [2.05, 4.69) is 26.2 Å². The molecule has 5 rings (SSSR count). The molecule has 7 unspecified atom stereocenters. The monoisotopic (exact) mass is 291 g/mol. The van der Waals surface area contributed by atoms with Crippen molar-refractivity contribution < 1.29 is 4.79 Å². The molecule has 0 amide bonds. The van der Waals surface area contributed by atoms with Crippen molar-refractivity contribution in [3.63, 3.8) is 0 Å². The molecule has 1 saturated carbocycles. The summed E-state index contributed by atoms with van der Waals surface area (Å²) in [6.45, 7) is 3.94. The molecular formula is C15H25N5O. The van der Waals surface area contributed by atoms with Crippen LogP contribution in [-0.4, -0.2) is 67.3 Å². The largest absolute Gasteiger partial charge is 0.310 e. The third-order valence-electron chi connectivity index (χ3n) is 6.38. The van der Waals surface area contributed by atoms with Crippen LogP contribution in [0.4, 0.5) is 0 Å². The third-order valence-corrected chi connectivity index (χ3v) is 6.38.